The van der Waals surface area contributed by atoms with Crippen molar-refractivity contribution in [3.8, 4) is 0 Å². The third-order valence-electron chi connectivity index (χ3n) is 4.18. The van der Waals surface area contributed by atoms with Gasteiger partial charge in [0.05, 0.1) is 6.10 Å². The SMILES string of the molecule is CCc1ccc(CN2CCCCC2CC(C)O)cc1. The van der Waals surface area contributed by atoms with Crippen molar-refractivity contribution < 1.29 is 5.11 Å². The Bertz CT molecular complexity index is 371. The van der Waals surface area contributed by atoms with Gasteiger partial charge in [0.1, 0.15) is 0 Å². The first-order chi connectivity index (χ1) is 9.19. The Labute approximate surface area is 117 Å². The van der Waals surface area contributed by atoms with Crippen LogP contribution < -0.4 is 0 Å². The van der Waals surface area contributed by atoms with Crippen LogP contribution >= 0.6 is 0 Å². The summed E-state index contributed by atoms with van der Waals surface area (Å²) in [7, 11) is 0. The maximum atomic E-state index is 9.63. The minimum Gasteiger partial charge on any atom is -0.393 e. The topological polar surface area (TPSA) is 23.5 Å². The Kier molecular flexibility index (Phi) is 5.41. The van der Waals surface area contributed by atoms with E-state index >= 15 is 0 Å². The normalized spacial score (nSPS) is 22.4. The van der Waals surface area contributed by atoms with Crippen molar-refractivity contribution in [2.45, 2.75) is 64.6 Å². The quantitative estimate of drug-likeness (QED) is 0.878. The fourth-order valence-electron chi connectivity index (χ4n) is 3.04. The van der Waals surface area contributed by atoms with Crippen molar-refractivity contribution in [3.05, 3.63) is 35.4 Å². The molecular weight excluding hydrogens is 234 g/mol. The molecule has 1 aromatic carbocycles. The summed E-state index contributed by atoms with van der Waals surface area (Å²) in [5, 5.41) is 9.63. The molecule has 1 heterocycles. The molecule has 0 amide bonds. The molecule has 1 saturated heterocycles. The summed E-state index contributed by atoms with van der Waals surface area (Å²) in [6.07, 6.45) is 5.67. The van der Waals surface area contributed by atoms with Crippen molar-refractivity contribution in [1.82, 2.24) is 4.90 Å². The van der Waals surface area contributed by atoms with Crippen molar-refractivity contribution in [3.63, 3.8) is 0 Å². The number of nitrogens with zero attached hydrogens (tertiary/aromatic N) is 1. The molecule has 0 bridgehead atoms. The minimum atomic E-state index is -0.187. The van der Waals surface area contributed by atoms with E-state index in [-0.39, 0.29) is 6.10 Å². The Hall–Kier alpha value is -0.860. The average molecular weight is 261 g/mol. The van der Waals surface area contributed by atoms with Crippen LogP contribution in [0.15, 0.2) is 24.3 Å². The predicted molar refractivity (Wildman–Crippen MR) is 80.2 cm³/mol. The van der Waals surface area contributed by atoms with E-state index in [4.69, 9.17) is 0 Å². The van der Waals surface area contributed by atoms with Crippen LogP contribution in [0, 0.1) is 0 Å². The van der Waals surface area contributed by atoms with Gasteiger partial charge < -0.3 is 5.11 Å². The molecule has 0 spiro atoms. The van der Waals surface area contributed by atoms with Gasteiger partial charge in [-0.15, -0.1) is 0 Å². The highest BCUT2D eigenvalue weighted by Crippen LogP contribution is 2.23. The van der Waals surface area contributed by atoms with Crippen LogP contribution in [0.2, 0.25) is 0 Å². The molecule has 1 aliphatic heterocycles. The van der Waals surface area contributed by atoms with Gasteiger partial charge in [0.25, 0.3) is 0 Å². The number of likely N-dealkylation sites (tertiary alicyclic amines) is 1. The number of piperidine rings is 1. The monoisotopic (exact) mass is 261 g/mol. The van der Waals surface area contributed by atoms with Gasteiger partial charge in [-0.3, -0.25) is 4.90 Å². The molecule has 0 radical (unpaired) electrons. The van der Waals surface area contributed by atoms with E-state index in [1.807, 2.05) is 6.92 Å². The zero-order valence-electron chi connectivity index (χ0n) is 12.3. The van der Waals surface area contributed by atoms with Gasteiger partial charge in [-0.25, -0.2) is 0 Å². The van der Waals surface area contributed by atoms with Crippen molar-refractivity contribution >= 4 is 0 Å². The summed E-state index contributed by atoms with van der Waals surface area (Å²) in [5.74, 6) is 0. The van der Waals surface area contributed by atoms with Crippen LogP contribution in [0.4, 0.5) is 0 Å². The van der Waals surface area contributed by atoms with E-state index in [1.54, 1.807) is 0 Å². The summed E-state index contributed by atoms with van der Waals surface area (Å²) < 4.78 is 0. The Balaban J connectivity index is 1.97. The minimum absolute atomic E-state index is 0.187. The second-order valence-corrected chi connectivity index (χ2v) is 5.87. The predicted octanol–water partition coefficient (Wildman–Crippen LogP) is 3.37. The van der Waals surface area contributed by atoms with E-state index in [0.717, 1.165) is 19.4 Å². The van der Waals surface area contributed by atoms with E-state index in [9.17, 15) is 5.11 Å². The highest BCUT2D eigenvalue weighted by molar-refractivity contribution is 5.22. The largest absolute Gasteiger partial charge is 0.393 e. The molecule has 0 aromatic heterocycles. The molecule has 1 aromatic rings. The van der Waals surface area contributed by atoms with Crippen molar-refractivity contribution in [2.24, 2.45) is 0 Å². The van der Waals surface area contributed by atoms with E-state index < -0.39 is 0 Å². The van der Waals surface area contributed by atoms with Crippen LogP contribution in [0.5, 0.6) is 0 Å². The number of benzene rings is 1. The van der Waals surface area contributed by atoms with Crippen LogP contribution in [-0.4, -0.2) is 28.7 Å². The van der Waals surface area contributed by atoms with E-state index in [2.05, 4.69) is 36.1 Å². The second kappa shape index (κ2) is 7.06. The first-order valence-corrected chi connectivity index (χ1v) is 7.69. The highest BCUT2D eigenvalue weighted by atomic mass is 16.3. The summed E-state index contributed by atoms with van der Waals surface area (Å²) in [5.41, 5.74) is 2.80. The maximum Gasteiger partial charge on any atom is 0.0527 e. The second-order valence-electron chi connectivity index (χ2n) is 5.87. The van der Waals surface area contributed by atoms with Gasteiger partial charge in [0.2, 0.25) is 0 Å². The zero-order valence-corrected chi connectivity index (χ0v) is 12.3. The molecule has 106 valence electrons. The lowest BCUT2D eigenvalue weighted by molar-refractivity contribution is 0.0818. The maximum absolute atomic E-state index is 9.63. The van der Waals surface area contributed by atoms with E-state index in [0.29, 0.717) is 6.04 Å². The van der Waals surface area contributed by atoms with Crippen LogP contribution in [0.3, 0.4) is 0 Å². The van der Waals surface area contributed by atoms with Gasteiger partial charge in [-0.1, -0.05) is 37.6 Å². The fourth-order valence-corrected chi connectivity index (χ4v) is 3.04. The lowest BCUT2D eigenvalue weighted by atomic mass is 9.96. The summed E-state index contributed by atoms with van der Waals surface area (Å²) in [4.78, 5) is 2.55. The number of aryl methyl sites for hydroxylation is 1. The number of hydrogen-bond acceptors (Lipinski definition) is 2. The molecular formula is C17H27NO. The molecule has 2 heteroatoms. The van der Waals surface area contributed by atoms with Gasteiger partial charge >= 0.3 is 0 Å². The van der Waals surface area contributed by atoms with Gasteiger partial charge in [-0.05, 0) is 50.3 Å². The Morgan fingerprint density at radius 1 is 1.21 bits per heavy atom. The van der Waals surface area contributed by atoms with Crippen molar-refractivity contribution in [2.75, 3.05) is 6.54 Å². The third kappa shape index (κ3) is 4.32. The van der Waals surface area contributed by atoms with Crippen LogP contribution in [0.25, 0.3) is 0 Å². The van der Waals surface area contributed by atoms with Gasteiger partial charge in [0, 0.05) is 12.6 Å². The number of aliphatic hydroxyl groups excluding tert-OH is 1. The Morgan fingerprint density at radius 2 is 1.89 bits per heavy atom. The molecule has 2 atom stereocenters. The van der Waals surface area contributed by atoms with Gasteiger partial charge in [0.15, 0.2) is 0 Å². The van der Waals surface area contributed by atoms with E-state index in [1.165, 1.54) is 36.9 Å². The zero-order chi connectivity index (χ0) is 13.7. The van der Waals surface area contributed by atoms with Gasteiger partial charge in [-0.2, -0.15) is 0 Å². The standard InChI is InChI=1S/C17H27NO/c1-3-15-7-9-16(10-8-15)13-18-11-5-4-6-17(18)12-14(2)19/h7-10,14,17,19H,3-6,11-13H2,1-2H3. The fraction of sp³-hybridized carbons (Fsp3) is 0.647. The summed E-state index contributed by atoms with van der Waals surface area (Å²) >= 11 is 0. The molecule has 2 rings (SSSR count). The first kappa shape index (κ1) is 14.5. The molecule has 0 aliphatic carbocycles. The summed E-state index contributed by atoms with van der Waals surface area (Å²) in [6, 6.07) is 9.55. The Morgan fingerprint density at radius 3 is 2.53 bits per heavy atom. The molecule has 1 aliphatic rings. The third-order valence-corrected chi connectivity index (χ3v) is 4.18. The average Bonchev–Trinajstić information content (AvgIpc) is 2.41. The van der Waals surface area contributed by atoms with Crippen LogP contribution in [0.1, 0.15) is 50.7 Å². The number of rotatable bonds is 5. The molecule has 0 saturated carbocycles. The molecule has 2 nitrogen and oxygen atoms in total. The van der Waals surface area contributed by atoms with Crippen molar-refractivity contribution in [1.29, 1.82) is 0 Å². The molecule has 1 fully saturated rings. The molecule has 1 N–H and O–H groups in total. The number of hydrogen-bond donors (Lipinski definition) is 1. The highest BCUT2D eigenvalue weighted by Gasteiger charge is 2.23. The first-order valence-electron chi connectivity index (χ1n) is 7.69. The lowest BCUT2D eigenvalue weighted by Crippen LogP contribution is -2.40. The smallest absolute Gasteiger partial charge is 0.0527 e. The van der Waals surface area contributed by atoms with Crippen LogP contribution in [-0.2, 0) is 13.0 Å². The molecule has 19 heavy (non-hydrogen) atoms. The molecule has 2 unspecified atom stereocenters. The number of aliphatic hydroxyl groups is 1. The summed E-state index contributed by atoms with van der Waals surface area (Å²) in [6.45, 7) is 6.30. The lowest BCUT2D eigenvalue weighted by Gasteiger charge is -2.36.